The van der Waals surface area contributed by atoms with Crippen molar-refractivity contribution in [2.45, 2.75) is 19.0 Å². The number of amides is 2. The molecule has 2 aliphatic heterocycles. The molecular formula is C19H21N3O4. The zero-order chi connectivity index (χ0) is 18.4. The van der Waals surface area contributed by atoms with Crippen LogP contribution in [0.3, 0.4) is 0 Å². The minimum atomic E-state index is -0.767. The molecule has 7 heteroatoms. The quantitative estimate of drug-likeness (QED) is 0.611. The Balaban J connectivity index is 1.93. The Morgan fingerprint density at radius 2 is 2.15 bits per heavy atom. The molecule has 7 nitrogen and oxygen atoms in total. The van der Waals surface area contributed by atoms with Crippen molar-refractivity contribution in [3.63, 3.8) is 0 Å². The number of rotatable bonds is 5. The van der Waals surface area contributed by atoms with E-state index in [1.165, 1.54) is 5.06 Å². The molecule has 4 rings (SSSR count). The van der Waals surface area contributed by atoms with Gasteiger partial charge in [0, 0.05) is 23.5 Å². The fourth-order valence-corrected chi connectivity index (χ4v) is 4.04. The monoisotopic (exact) mass is 355 g/mol. The maximum absolute atomic E-state index is 12.9. The van der Waals surface area contributed by atoms with Crippen molar-refractivity contribution in [1.82, 2.24) is 14.5 Å². The SMILES string of the molecule is C=CCON1C(=O)N2C[C@H]1c1c(c3ccccc3n1C)[C@@H]2C(=O)OCC. The van der Waals surface area contributed by atoms with Gasteiger partial charge >= 0.3 is 12.0 Å². The van der Waals surface area contributed by atoms with E-state index < -0.39 is 12.0 Å². The topological polar surface area (TPSA) is 64.0 Å². The predicted octanol–water partition coefficient (Wildman–Crippen LogP) is 2.69. The van der Waals surface area contributed by atoms with E-state index in [1.807, 2.05) is 35.9 Å². The van der Waals surface area contributed by atoms with Crippen LogP contribution >= 0.6 is 0 Å². The van der Waals surface area contributed by atoms with Crippen LogP contribution in [0.15, 0.2) is 36.9 Å². The molecule has 1 aromatic heterocycles. The molecule has 136 valence electrons. The molecule has 0 radical (unpaired) electrons. The third kappa shape index (κ3) is 2.17. The van der Waals surface area contributed by atoms with Gasteiger partial charge in [0.25, 0.3) is 0 Å². The molecule has 2 bridgehead atoms. The Labute approximate surface area is 151 Å². The normalized spacial score (nSPS) is 21.2. The number of carbonyl (C=O) groups excluding carboxylic acids is 2. The van der Waals surface area contributed by atoms with Crippen LogP contribution < -0.4 is 0 Å². The number of para-hydroxylation sites is 1. The smallest absolute Gasteiger partial charge is 0.345 e. The molecule has 2 amide bonds. The Morgan fingerprint density at radius 3 is 2.88 bits per heavy atom. The Morgan fingerprint density at radius 1 is 1.38 bits per heavy atom. The molecule has 1 aromatic carbocycles. The summed E-state index contributed by atoms with van der Waals surface area (Å²) in [4.78, 5) is 32.8. The van der Waals surface area contributed by atoms with Gasteiger partial charge in [-0.1, -0.05) is 24.3 Å². The van der Waals surface area contributed by atoms with Crippen LogP contribution in [0.25, 0.3) is 10.9 Å². The summed E-state index contributed by atoms with van der Waals surface area (Å²) >= 11 is 0. The summed E-state index contributed by atoms with van der Waals surface area (Å²) in [5, 5.41) is 2.31. The van der Waals surface area contributed by atoms with Gasteiger partial charge in [-0.15, -0.1) is 6.58 Å². The third-order valence-electron chi connectivity index (χ3n) is 5.02. The van der Waals surface area contributed by atoms with Gasteiger partial charge in [0.05, 0.1) is 25.5 Å². The first kappa shape index (κ1) is 16.7. The number of benzene rings is 1. The molecule has 0 saturated carbocycles. The van der Waals surface area contributed by atoms with E-state index >= 15 is 0 Å². The molecule has 2 aromatic rings. The zero-order valence-corrected chi connectivity index (χ0v) is 14.8. The van der Waals surface area contributed by atoms with Crippen molar-refractivity contribution in [3.8, 4) is 0 Å². The van der Waals surface area contributed by atoms with Crippen LogP contribution in [0, 0.1) is 0 Å². The number of fused-ring (bicyclic) bond motifs is 6. The van der Waals surface area contributed by atoms with Crippen molar-refractivity contribution in [2.24, 2.45) is 7.05 Å². The molecule has 0 spiro atoms. The standard InChI is InChI=1S/C19H21N3O4/c1-4-10-26-22-14-11-21(19(22)24)17(18(23)25-5-2)15-12-8-6-7-9-13(12)20(3)16(14)15/h4,6-9,14,17H,1,5,10-11H2,2-3H3/t14-,17+/m0/s1. The van der Waals surface area contributed by atoms with E-state index in [4.69, 9.17) is 9.57 Å². The molecule has 1 fully saturated rings. The Hall–Kier alpha value is -2.80. The number of hydroxylamine groups is 2. The van der Waals surface area contributed by atoms with Crippen molar-refractivity contribution in [1.29, 1.82) is 0 Å². The second kappa shape index (κ2) is 6.17. The number of ether oxygens (including phenoxy) is 1. The van der Waals surface area contributed by atoms with Gasteiger partial charge in [-0.2, -0.15) is 5.06 Å². The number of aryl methyl sites for hydroxylation is 1. The van der Waals surface area contributed by atoms with Gasteiger partial charge in [-0.25, -0.2) is 9.59 Å². The number of esters is 1. The van der Waals surface area contributed by atoms with Gasteiger partial charge in [-0.05, 0) is 13.0 Å². The number of hydrogen-bond donors (Lipinski definition) is 0. The third-order valence-corrected chi connectivity index (χ3v) is 5.02. The summed E-state index contributed by atoms with van der Waals surface area (Å²) in [7, 11) is 1.95. The first-order chi connectivity index (χ1) is 12.6. The molecule has 3 heterocycles. The summed E-state index contributed by atoms with van der Waals surface area (Å²) in [6, 6.07) is 6.52. The van der Waals surface area contributed by atoms with E-state index in [0.717, 1.165) is 22.2 Å². The minimum Gasteiger partial charge on any atom is -0.464 e. The maximum atomic E-state index is 12.9. The summed E-state index contributed by atoms with van der Waals surface area (Å²) in [5.74, 6) is -0.414. The van der Waals surface area contributed by atoms with Crippen LogP contribution in [-0.2, 0) is 21.4 Å². The van der Waals surface area contributed by atoms with E-state index in [-0.39, 0.29) is 25.3 Å². The van der Waals surface area contributed by atoms with Crippen LogP contribution in [-0.4, -0.2) is 46.3 Å². The maximum Gasteiger partial charge on any atom is 0.345 e. The number of urea groups is 1. The van der Waals surface area contributed by atoms with E-state index in [0.29, 0.717) is 6.54 Å². The summed E-state index contributed by atoms with van der Waals surface area (Å²) in [6.07, 6.45) is 1.59. The predicted molar refractivity (Wildman–Crippen MR) is 95.1 cm³/mol. The average Bonchev–Trinajstić information content (AvgIpc) is 3.08. The minimum absolute atomic E-state index is 0.222. The van der Waals surface area contributed by atoms with Crippen molar-refractivity contribution >= 4 is 22.9 Å². The summed E-state index contributed by atoms with van der Waals surface area (Å²) in [6.45, 7) is 6.27. The highest BCUT2D eigenvalue weighted by Gasteiger charge is 2.53. The number of hydrogen-bond acceptors (Lipinski definition) is 4. The highest BCUT2D eigenvalue weighted by Crippen LogP contribution is 2.48. The lowest BCUT2D eigenvalue weighted by molar-refractivity contribution is -0.148. The Kier molecular flexibility index (Phi) is 3.96. The molecule has 26 heavy (non-hydrogen) atoms. The van der Waals surface area contributed by atoms with Gasteiger partial charge in [0.15, 0.2) is 6.04 Å². The summed E-state index contributed by atoms with van der Waals surface area (Å²) in [5.41, 5.74) is 2.75. The lowest BCUT2D eigenvalue weighted by Gasteiger charge is -2.30. The van der Waals surface area contributed by atoms with Gasteiger partial charge < -0.3 is 14.2 Å². The molecule has 0 aliphatic carbocycles. The second-order valence-corrected chi connectivity index (χ2v) is 6.39. The van der Waals surface area contributed by atoms with E-state index in [2.05, 4.69) is 6.58 Å². The van der Waals surface area contributed by atoms with Gasteiger partial charge in [-0.3, -0.25) is 4.84 Å². The number of aromatic nitrogens is 1. The van der Waals surface area contributed by atoms with E-state index in [9.17, 15) is 9.59 Å². The molecule has 0 unspecified atom stereocenters. The largest absolute Gasteiger partial charge is 0.464 e. The second-order valence-electron chi connectivity index (χ2n) is 6.39. The first-order valence-corrected chi connectivity index (χ1v) is 8.67. The van der Waals surface area contributed by atoms with Crippen LogP contribution in [0.4, 0.5) is 4.79 Å². The zero-order valence-electron chi connectivity index (χ0n) is 14.8. The van der Waals surface area contributed by atoms with Crippen molar-refractivity contribution in [2.75, 3.05) is 19.8 Å². The fourth-order valence-electron chi connectivity index (χ4n) is 4.04. The van der Waals surface area contributed by atoms with E-state index in [1.54, 1.807) is 17.9 Å². The summed E-state index contributed by atoms with van der Waals surface area (Å²) < 4.78 is 7.34. The highest BCUT2D eigenvalue weighted by atomic mass is 16.7. The fraction of sp³-hybridized carbons (Fsp3) is 0.368. The molecule has 2 atom stereocenters. The average molecular weight is 355 g/mol. The molecule has 2 aliphatic rings. The number of carbonyl (C=O) groups is 2. The Bertz CT molecular complexity index is 904. The highest BCUT2D eigenvalue weighted by molar-refractivity contribution is 5.96. The lowest BCUT2D eigenvalue weighted by Crippen LogP contribution is -2.39. The lowest BCUT2D eigenvalue weighted by atomic mass is 9.95. The molecule has 0 N–H and O–H groups in total. The van der Waals surface area contributed by atoms with Crippen LogP contribution in [0.5, 0.6) is 0 Å². The van der Waals surface area contributed by atoms with Gasteiger partial charge in [0.2, 0.25) is 0 Å². The number of nitrogens with zero attached hydrogens (tertiary/aromatic N) is 3. The molecule has 1 saturated heterocycles. The molecular weight excluding hydrogens is 334 g/mol. The van der Waals surface area contributed by atoms with Crippen molar-refractivity contribution < 1.29 is 19.2 Å². The van der Waals surface area contributed by atoms with Crippen molar-refractivity contribution in [3.05, 3.63) is 48.2 Å². The first-order valence-electron chi connectivity index (χ1n) is 8.67. The van der Waals surface area contributed by atoms with Gasteiger partial charge in [0.1, 0.15) is 6.04 Å². The van der Waals surface area contributed by atoms with Crippen LogP contribution in [0.1, 0.15) is 30.3 Å². The van der Waals surface area contributed by atoms with Crippen LogP contribution in [0.2, 0.25) is 0 Å².